The zero-order valence-corrected chi connectivity index (χ0v) is 11.3. The Balaban J connectivity index is 0. The van der Waals surface area contributed by atoms with Gasteiger partial charge >= 0.3 is 23.1 Å². The van der Waals surface area contributed by atoms with Crippen LogP contribution in [0.25, 0.3) is 11.6 Å². The van der Waals surface area contributed by atoms with E-state index >= 15 is 0 Å². The van der Waals surface area contributed by atoms with Crippen LogP contribution in [0.15, 0.2) is 73.3 Å². The van der Waals surface area contributed by atoms with Crippen molar-refractivity contribution >= 4 is 34.7 Å². The molecule has 0 bridgehead atoms. The molecule has 0 unspecified atom stereocenters. The van der Waals surface area contributed by atoms with Crippen LogP contribution in [0.5, 0.6) is 0 Å². The van der Waals surface area contributed by atoms with Gasteiger partial charge in [0.05, 0.1) is 0 Å². The first-order chi connectivity index (χ1) is 7.90. The fourth-order valence-electron chi connectivity index (χ4n) is 1.62. The van der Waals surface area contributed by atoms with Gasteiger partial charge in [0.2, 0.25) is 0 Å². The standard InChI is InChI=1S/C16H14.Mg.2H/c1-2-15(16-11-7-4-8-12-16)13-14-9-5-3-6-10-14;;;/h2-13H,1H2;;;/q;+2;2*-1. The van der Waals surface area contributed by atoms with Crippen LogP contribution in [-0.4, -0.2) is 23.1 Å². The summed E-state index contributed by atoms with van der Waals surface area (Å²) >= 11 is 0. The summed E-state index contributed by atoms with van der Waals surface area (Å²) in [5.41, 5.74) is 3.54. The van der Waals surface area contributed by atoms with Gasteiger partial charge in [-0.3, -0.25) is 0 Å². The van der Waals surface area contributed by atoms with Crippen molar-refractivity contribution in [2.24, 2.45) is 0 Å². The van der Waals surface area contributed by atoms with Crippen molar-refractivity contribution in [2.45, 2.75) is 0 Å². The first-order valence-electron chi connectivity index (χ1n) is 5.35. The second kappa shape index (κ2) is 7.10. The second-order valence-corrected chi connectivity index (χ2v) is 3.58. The van der Waals surface area contributed by atoms with E-state index in [0.29, 0.717) is 0 Å². The molecule has 1 heteroatoms. The molecule has 0 saturated heterocycles. The van der Waals surface area contributed by atoms with Gasteiger partial charge in [0.25, 0.3) is 0 Å². The third-order valence-electron chi connectivity index (χ3n) is 2.45. The van der Waals surface area contributed by atoms with Gasteiger partial charge in [0.1, 0.15) is 0 Å². The third kappa shape index (κ3) is 3.88. The van der Waals surface area contributed by atoms with E-state index in [-0.39, 0.29) is 25.9 Å². The minimum atomic E-state index is 0. The Labute approximate surface area is 122 Å². The second-order valence-electron chi connectivity index (χ2n) is 3.58. The average molecular weight is 233 g/mol. The van der Waals surface area contributed by atoms with Gasteiger partial charge in [-0.05, 0) is 22.8 Å². The van der Waals surface area contributed by atoms with Crippen LogP contribution in [0.2, 0.25) is 0 Å². The van der Waals surface area contributed by atoms with Crippen molar-refractivity contribution in [1.29, 1.82) is 0 Å². The van der Waals surface area contributed by atoms with Gasteiger partial charge in [-0.25, -0.2) is 0 Å². The molecule has 0 aromatic heterocycles. The molecule has 2 rings (SSSR count). The maximum absolute atomic E-state index is 3.87. The molecular weight excluding hydrogens is 216 g/mol. The summed E-state index contributed by atoms with van der Waals surface area (Å²) < 4.78 is 0. The van der Waals surface area contributed by atoms with Gasteiger partial charge < -0.3 is 2.85 Å². The topological polar surface area (TPSA) is 0 Å². The van der Waals surface area contributed by atoms with E-state index in [0.717, 1.165) is 5.57 Å². The van der Waals surface area contributed by atoms with Crippen LogP contribution >= 0.6 is 0 Å². The minimum Gasteiger partial charge on any atom is -1.00 e. The molecule has 0 aliphatic carbocycles. The van der Waals surface area contributed by atoms with E-state index in [1.54, 1.807) is 0 Å². The molecule has 17 heavy (non-hydrogen) atoms. The van der Waals surface area contributed by atoms with Crippen molar-refractivity contribution in [3.63, 3.8) is 0 Å². The molecule has 2 aromatic rings. The fourth-order valence-corrected chi connectivity index (χ4v) is 1.62. The van der Waals surface area contributed by atoms with Gasteiger partial charge in [-0.15, -0.1) is 0 Å². The van der Waals surface area contributed by atoms with E-state index in [1.807, 2.05) is 42.5 Å². The van der Waals surface area contributed by atoms with Crippen molar-refractivity contribution in [1.82, 2.24) is 0 Å². The van der Waals surface area contributed by atoms with Gasteiger partial charge in [0, 0.05) is 0 Å². The molecule has 0 aliphatic rings. The molecule has 0 saturated carbocycles. The largest absolute Gasteiger partial charge is 2.00 e. The summed E-state index contributed by atoms with van der Waals surface area (Å²) in [4.78, 5) is 0. The number of allylic oxidation sites excluding steroid dienone is 2. The van der Waals surface area contributed by atoms with Crippen LogP contribution in [0.1, 0.15) is 14.0 Å². The van der Waals surface area contributed by atoms with Crippen LogP contribution in [0, 0.1) is 0 Å². The quantitative estimate of drug-likeness (QED) is 0.421. The monoisotopic (exact) mass is 232 g/mol. The Morgan fingerprint density at radius 1 is 0.882 bits per heavy atom. The molecule has 0 fully saturated rings. The molecule has 0 amide bonds. The molecule has 0 atom stereocenters. The predicted molar refractivity (Wildman–Crippen MR) is 78.9 cm³/mol. The number of hydrogen-bond acceptors (Lipinski definition) is 0. The molecule has 2 aromatic carbocycles. The van der Waals surface area contributed by atoms with E-state index in [9.17, 15) is 0 Å². The molecule has 0 aliphatic heterocycles. The molecule has 0 heterocycles. The maximum Gasteiger partial charge on any atom is 2.00 e. The predicted octanol–water partition coefficient (Wildman–Crippen LogP) is 4.26. The Hall–Kier alpha value is -1.31. The van der Waals surface area contributed by atoms with Crippen molar-refractivity contribution in [3.8, 4) is 0 Å². The summed E-state index contributed by atoms with van der Waals surface area (Å²) in [7, 11) is 0. The first-order valence-corrected chi connectivity index (χ1v) is 5.35. The Bertz CT molecular complexity index is 493. The van der Waals surface area contributed by atoms with Gasteiger partial charge in [-0.2, -0.15) is 0 Å². The van der Waals surface area contributed by atoms with E-state index in [2.05, 4.69) is 36.9 Å². The summed E-state index contributed by atoms with van der Waals surface area (Å²) in [6.45, 7) is 3.87. The number of benzene rings is 2. The van der Waals surface area contributed by atoms with Gasteiger partial charge in [0.15, 0.2) is 0 Å². The average Bonchev–Trinajstić information content (AvgIpc) is 2.38. The smallest absolute Gasteiger partial charge is 1.00 e. The molecule has 0 N–H and O–H groups in total. The van der Waals surface area contributed by atoms with Crippen molar-refractivity contribution in [3.05, 3.63) is 84.4 Å². The SMILES string of the molecule is C=CC(=Cc1ccccc1)c1ccccc1.[H-].[H-].[Mg+2]. The molecule has 0 spiro atoms. The zero-order valence-electron chi connectivity index (χ0n) is 11.8. The van der Waals surface area contributed by atoms with Crippen molar-refractivity contribution < 1.29 is 2.85 Å². The summed E-state index contributed by atoms with van der Waals surface area (Å²) in [6.07, 6.45) is 4.03. The molecule has 0 radical (unpaired) electrons. The van der Waals surface area contributed by atoms with Crippen LogP contribution in [0.3, 0.4) is 0 Å². The normalized spacial score (nSPS) is 10.5. The van der Waals surface area contributed by atoms with Crippen LogP contribution in [0.4, 0.5) is 0 Å². The Kier molecular flexibility index (Phi) is 5.74. The summed E-state index contributed by atoms with van der Waals surface area (Å²) in [5, 5.41) is 0. The molecule has 82 valence electrons. The third-order valence-corrected chi connectivity index (χ3v) is 2.45. The van der Waals surface area contributed by atoms with Crippen LogP contribution < -0.4 is 0 Å². The summed E-state index contributed by atoms with van der Waals surface area (Å²) in [5.74, 6) is 0. The Morgan fingerprint density at radius 3 is 1.94 bits per heavy atom. The first kappa shape index (κ1) is 13.7. The Morgan fingerprint density at radius 2 is 1.41 bits per heavy atom. The fraction of sp³-hybridized carbons (Fsp3) is 0. The minimum absolute atomic E-state index is 0. The summed E-state index contributed by atoms with van der Waals surface area (Å²) in [6, 6.07) is 20.6. The maximum atomic E-state index is 3.87. The number of hydrogen-bond donors (Lipinski definition) is 0. The van der Waals surface area contributed by atoms with E-state index in [1.165, 1.54) is 11.1 Å². The number of rotatable bonds is 3. The van der Waals surface area contributed by atoms with Gasteiger partial charge in [-0.1, -0.05) is 73.3 Å². The molecular formula is C16H16Mg. The van der Waals surface area contributed by atoms with E-state index in [4.69, 9.17) is 0 Å². The van der Waals surface area contributed by atoms with Crippen molar-refractivity contribution in [2.75, 3.05) is 0 Å². The zero-order chi connectivity index (χ0) is 11.2. The van der Waals surface area contributed by atoms with Crippen LogP contribution in [-0.2, 0) is 0 Å². The van der Waals surface area contributed by atoms with E-state index < -0.39 is 0 Å². The molecule has 0 nitrogen and oxygen atoms in total.